The zero-order chi connectivity index (χ0) is 13.1. The van der Waals surface area contributed by atoms with Crippen molar-refractivity contribution in [2.75, 3.05) is 0 Å². The second-order valence-electron chi connectivity index (χ2n) is 2.81. The van der Waals surface area contributed by atoms with Crippen molar-refractivity contribution in [2.24, 2.45) is 0 Å². The number of fused-ring (bicyclic) bond motifs is 1. The molecule has 2 aromatic rings. The first-order valence-corrected chi connectivity index (χ1v) is 5.00. The fourth-order valence-electron chi connectivity index (χ4n) is 0.894. The van der Waals surface area contributed by atoms with Gasteiger partial charge in [0.15, 0.2) is 0 Å². The molecule has 1 aromatic heterocycles. The summed E-state index contributed by atoms with van der Waals surface area (Å²) in [5.74, 6) is -2.76. The van der Waals surface area contributed by atoms with Crippen LogP contribution in [0.15, 0.2) is 29.1 Å². The Morgan fingerprint density at radius 3 is 2.29 bits per heavy atom. The van der Waals surface area contributed by atoms with Gasteiger partial charge in [0.2, 0.25) is 0 Å². The van der Waals surface area contributed by atoms with E-state index in [1.54, 1.807) is 0 Å². The highest BCUT2D eigenvalue weighted by molar-refractivity contribution is 7.16. The Hall–Kier alpha value is -1.83. The van der Waals surface area contributed by atoms with Gasteiger partial charge in [0.25, 0.3) is 0 Å². The third kappa shape index (κ3) is 3.91. The number of aromatic nitrogens is 1. The summed E-state index contributed by atoms with van der Waals surface area (Å²) in [5, 5.41) is 7.12. The van der Waals surface area contributed by atoms with Gasteiger partial charge >= 0.3 is 17.0 Å². The number of benzene rings is 1. The molecule has 1 aromatic carbocycles. The number of hydrogen-bond donors (Lipinski definition) is 2. The van der Waals surface area contributed by atoms with Crippen molar-refractivity contribution >= 4 is 27.5 Å². The van der Waals surface area contributed by atoms with E-state index in [0.717, 1.165) is 10.2 Å². The van der Waals surface area contributed by atoms with E-state index in [1.165, 1.54) is 11.3 Å². The lowest BCUT2D eigenvalue weighted by atomic mass is 10.3. The molecule has 0 radical (unpaired) electrons. The van der Waals surface area contributed by atoms with Gasteiger partial charge in [-0.2, -0.15) is 13.2 Å². The molecule has 0 spiro atoms. The summed E-state index contributed by atoms with van der Waals surface area (Å²) < 4.78 is 32.8. The maximum absolute atomic E-state index is 10.8. The van der Waals surface area contributed by atoms with Crippen LogP contribution in [0.2, 0.25) is 0 Å². The van der Waals surface area contributed by atoms with Gasteiger partial charge in [-0.05, 0) is 12.1 Å². The van der Waals surface area contributed by atoms with E-state index in [9.17, 15) is 18.0 Å². The number of alkyl halides is 3. The van der Waals surface area contributed by atoms with Crippen LogP contribution in [-0.2, 0) is 4.79 Å². The SMILES string of the molecule is O=C(O)C(F)(F)F.O=c1[nH]c2ccccc2s1. The summed E-state index contributed by atoms with van der Waals surface area (Å²) in [5.41, 5.74) is 0.928. The van der Waals surface area contributed by atoms with Crippen LogP contribution in [-0.4, -0.2) is 22.2 Å². The highest BCUT2D eigenvalue weighted by atomic mass is 32.1. The molecule has 4 nitrogen and oxygen atoms in total. The number of hydrogen-bond acceptors (Lipinski definition) is 3. The molecule has 17 heavy (non-hydrogen) atoms. The van der Waals surface area contributed by atoms with Crippen LogP contribution in [0.3, 0.4) is 0 Å². The largest absolute Gasteiger partial charge is 0.490 e. The molecular formula is C9H6F3NO3S. The molecule has 0 saturated carbocycles. The number of aromatic amines is 1. The summed E-state index contributed by atoms with van der Waals surface area (Å²) in [7, 11) is 0. The zero-order valence-electron chi connectivity index (χ0n) is 8.12. The van der Waals surface area contributed by atoms with Crippen molar-refractivity contribution in [3.63, 3.8) is 0 Å². The van der Waals surface area contributed by atoms with Crippen LogP contribution in [0.1, 0.15) is 0 Å². The maximum Gasteiger partial charge on any atom is 0.490 e. The molecular weight excluding hydrogens is 259 g/mol. The monoisotopic (exact) mass is 265 g/mol. The van der Waals surface area contributed by atoms with Gasteiger partial charge in [0, 0.05) is 0 Å². The average Bonchev–Trinajstić information content (AvgIpc) is 2.57. The van der Waals surface area contributed by atoms with Gasteiger partial charge in [-0.3, -0.25) is 4.79 Å². The number of halogens is 3. The van der Waals surface area contributed by atoms with Crippen LogP contribution in [0.5, 0.6) is 0 Å². The molecule has 8 heteroatoms. The van der Waals surface area contributed by atoms with Crippen molar-refractivity contribution in [1.82, 2.24) is 4.98 Å². The predicted octanol–water partition coefficient (Wildman–Crippen LogP) is 2.22. The Bertz CT molecular complexity index is 536. The van der Waals surface area contributed by atoms with E-state index < -0.39 is 12.1 Å². The van der Waals surface area contributed by atoms with Gasteiger partial charge in [-0.1, -0.05) is 23.5 Å². The quantitative estimate of drug-likeness (QED) is 0.767. The third-order valence-corrected chi connectivity index (χ3v) is 2.43. The number of carbonyl (C=O) groups is 1. The fraction of sp³-hybridized carbons (Fsp3) is 0.111. The molecule has 0 fully saturated rings. The lowest BCUT2D eigenvalue weighted by Crippen LogP contribution is -2.21. The highest BCUT2D eigenvalue weighted by Crippen LogP contribution is 2.13. The van der Waals surface area contributed by atoms with Crippen LogP contribution in [0.4, 0.5) is 13.2 Å². The number of aliphatic carboxylic acids is 1. The normalized spacial score (nSPS) is 10.8. The number of rotatable bonds is 0. The Kier molecular flexibility index (Phi) is 3.89. The molecule has 92 valence electrons. The first kappa shape index (κ1) is 13.2. The molecule has 0 aliphatic rings. The first-order valence-electron chi connectivity index (χ1n) is 4.18. The second kappa shape index (κ2) is 5.00. The average molecular weight is 265 g/mol. The smallest absolute Gasteiger partial charge is 0.475 e. The summed E-state index contributed by atoms with van der Waals surface area (Å²) in [4.78, 5) is 22.4. The molecule has 0 saturated heterocycles. The minimum atomic E-state index is -5.08. The lowest BCUT2D eigenvalue weighted by molar-refractivity contribution is -0.192. The zero-order valence-corrected chi connectivity index (χ0v) is 8.93. The Morgan fingerprint density at radius 1 is 1.29 bits per heavy atom. The summed E-state index contributed by atoms with van der Waals surface area (Å²) in [6.07, 6.45) is -5.08. The van der Waals surface area contributed by atoms with Gasteiger partial charge in [-0.25, -0.2) is 4.79 Å². The number of para-hydroxylation sites is 1. The number of carboxylic acid groups (broad SMARTS) is 1. The van der Waals surface area contributed by atoms with Gasteiger partial charge in [0.05, 0.1) is 10.2 Å². The van der Waals surface area contributed by atoms with Crippen LogP contribution in [0.25, 0.3) is 10.2 Å². The molecule has 0 bridgehead atoms. The van der Waals surface area contributed by atoms with E-state index in [1.807, 2.05) is 24.3 Å². The topological polar surface area (TPSA) is 70.2 Å². The Labute approximate surface area is 96.3 Å². The summed E-state index contributed by atoms with van der Waals surface area (Å²) in [6, 6.07) is 7.65. The molecule has 0 aliphatic heterocycles. The molecule has 0 amide bonds. The van der Waals surface area contributed by atoms with Crippen molar-refractivity contribution in [3.05, 3.63) is 33.9 Å². The summed E-state index contributed by atoms with van der Waals surface area (Å²) in [6.45, 7) is 0. The number of carboxylic acids is 1. The second-order valence-corrected chi connectivity index (χ2v) is 3.83. The Balaban J connectivity index is 0.000000185. The Morgan fingerprint density at radius 2 is 1.82 bits per heavy atom. The molecule has 2 rings (SSSR count). The van der Waals surface area contributed by atoms with E-state index in [4.69, 9.17) is 9.90 Å². The lowest BCUT2D eigenvalue weighted by Gasteiger charge is -1.93. The maximum atomic E-state index is 10.8. The van der Waals surface area contributed by atoms with Gasteiger partial charge in [0.1, 0.15) is 0 Å². The van der Waals surface area contributed by atoms with Crippen LogP contribution < -0.4 is 4.87 Å². The predicted molar refractivity (Wildman–Crippen MR) is 56.1 cm³/mol. The van der Waals surface area contributed by atoms with E-state index >= 15 is 0 Å². The van der Waals surface area contributed by atoms with E-state index in [2.05, 4.69) is 4.98 Å². The fourth-order valence-corrected chi connectivity index (χ4v) is 1.63. The van der Waals surface area contributed by atoms with Crippen LogP contribution >= 0.6 is 11.3 Å². The van der Waals surface area contributed by atoms with Crippen molar-refractivity contribution in [2.45, 2.75) is 6.18 Å². The molecule has 1 heterocycles. The van der Waals surface area contributed by atoms with Crippen molar-refractivity contribution in [1.29, 1.82) is 0 Å². The third-order valence-electron chi connectivity index (χ3n) is 1.57. The van der Waals surface area contributed by atoms with E-state index in [-0.39, 0.29) is 4.87 Å². The first-order chi connectivity index (χ1) is 7.80. The van der Waals surface area contributed by atoms with Crippen molar-refractivity contribution < 1.29 is 23.1 Å². The number of H-pyrrole nitrogens is 1. The minimum Gasteiger partial charge on any atom is -0.475 e. The van der Waals surface area contributed by atoms with Gasteiger partial charge < -0.3 is 10.1 Å². The van der Waals surface area contributed by atoms with Gasteiger partial charge in [-0.15, -0.1) is 0 Å². The minimum absolute atomic E-state index is 0.0150. The summed E-state index contributed by atoms with van der Waals surface area (Å²) >= 11 is 1.24. The standard InChI is InChI=1S/C7H5NOS.C2HF3O2/c9-7-8-5-3-1-2-4-6(5)10-7;3-2(4,5)1(6)7/h1-4H,(H,8,9);(H,6,7). The molecule has 0 unspecified atom stereocenters. The molecule has 0 aliphatic carbocycles. The molecule has 2 N–H and O–H groups in total. The number of thiazole rings is 1. The molecule has 0 atom stereocenters. The highest BCUT2D eigenvalue weighted by Gasteiger charge is 2.38. The number of nitrogens with one attached hydrogen (secondary N) is 1. The van der Waals surface area contributed by atoms with Crippen molar-refractivity contribution in [3.8, 4) is 0 Å². The van der Waals surface area contributed by atoms with Crippen LogP contribution in [0, 0.1) is 0 Å². The van der Waals surface area contributed by atoms with E-state index in [0.29, 0.717) is 0 Å².